The zero-order valence-corrected chi connectivity index (χ0v) is 9.13. The van der Waals surface area contributed by atoms with Crippen molar-refractivity contribution in [2.75, 3.05) is 7.11 Å². The summed E-state index contributed by atoms with van der Waals surface area (Å²) in [6.07, 6.45) is 2.91. The Kier molecular flexibility index (Phi) is 3.13. The van der Waals surface area contributed by atoms with Crippen LogP contribution in [0.5, 0.6) is 0 Å². The highest BCUT2D eigenvalue weighted by molar-refractivity contribution is 5.91. The average Bonchev–Trinajstić information content (AvgIpc) is 2.83. The standard InChI is InChI=1S/C11H10FN3O2/c1-17-11(16)10-4-9(12)3-2-8(10)5-15-7-13-6-14-15/h2-4,6-7H,5H2,1H3. The molecule has 0 aliphatic heterocycles. The van der Waals surface area contributed by atoms with Crippen LogP contribution in [0.25, 0.3) is 0 Å². The molecule has 0 saturated heterocycles. The maximum atomic E-state index is 13.1. The molecule has 0 atom stereocenters. The molecule has 2 aromatic rings. The fourth-order valence-corrected chi connectivity index (χ4v) is 1.48. The summed E-state index contributed by atoms with van der Waals surface area (Å²) in [4.78, 5) is 15.3. The van der Waals surface area contributed by atoms with E-state index in [9.17, 15) is 9.18 Å². The van der Waals surface area contributed by atoms with Crippen molar-refractivity contribution in [3.8, 4) is 0 Å². The van der Waals surface area contributed by atoms with Gasteiger partial charge in [-0.05, 0) is 17.7 Å². The number of nitrogens with zero attached hydrogens (tertiary/aromatic N) is 3. The predicted octanol–water partition coefficient (Wildman–Crippen LogP) is 1.25. The fourth-order valence-electron chi connectivity index (χ4n) is 1.48. The second kappa shape index (κ2) is 4.73. The lowest BCUT2D eigenvalue weighted by atomic mass is 10.1. The number of carbonyl (C=O) groups excluding carboxylic acids is 1. The van der Waals surface area contributed by atoms with Crippen LogP contribution in [0.2, 0.25) is 0 Å². The topological polar surface area (TPSA) is 57.0 Å². The van der Waals surface area contributed by atoms with E-state index in [1.807, 2.05) is 0 Å². The van der Waals surface area contributed by atoms with Crippen LogP contribution in [0.1, 0.15) is 15.9 Å². The van der Waals surface area contributed by atoms with E-state index in [-0.39, 0.29) is 5.56 Å². The van der Waals surface area contributed by atoms with Crippen LogP contribution in [0, 0.1) is 5.82 Å². The van der Waals surface area contributed by atoms with Crippen molar-refractivity contribution in [1.29, 1.82) is 0 Å². The minimum atomic E-state index is -0.570. The molecule has 1 aromatic heterocycles. The van der Waals surface area contributed by atoms with Gasteiger partial charge in [0.15, 0.2) is 0 Å². The van der Waals surface area contributed by atoms with E-state index in [1.54, 1.807) is 4.68 Å². The van der Waals surface area contributed by atoms with Crippen LogP contribution in [0.4, 0.5) is 4.39 Å². The van der Waals surface area contributed by atoms with Gasteiger partial charge in [0.25, 0.3) is 0 Å². The number of carbonyl (C=O) groups is 1. The molecule has 0 saturated carbocycles. The Labute approximate surface area is 96.9 Å². The highest BCUT2D eigenvalue weighted by Crippen LogP contribution is 2.13. The van der Waals surface area contributed by atoms with Gasteiger partial charge in [0, 0.05) is 0 Å². The number of ether oxygens (including phenoxy) is 1. The van der Waals surface area contributed by atoms with Gasteiger partial charge in [-0.25, -0.2) is 18.9 Å². The molecule has 0 N–H and O–H groups in total. The molecule has 0 unspecified atom stereocenters. The predicted molar refractivity (Wildman–Crippen MR) is 56.9 cm³/mol. The van der Waals surface area contributed by atoms with Gasteiger partial charge in [0.05, 0.1) is 19.2 Å². The molecule has 0 spiro atoms. The van der Waals surface area contributed by atoms with Crippen molar-refractivity contribution >= 4 is 5.97 Å². The first-order valence-corrected chi connectivity index (χ1v) is 4.90. The van der Waals surface area contributed by atoms with Crippen molar-refractivity contribution in [1.82, 2.24) is 14.8 Å². The monoisotopic (exact) mass is 235 g/mol. The molecule has 1 heterocycles. The van der Waals surface area contributed by atoms with Gasteiger partial charge in [-0.1, -0.05) is 6.07 Å². The Morgan fingerprint density at radius 1 is 1.53 bits per heavy atom. The first-order chi connectivity index (χ1) is 8.20. The number of hydrogen-bond donors (Lipinski definition) is 0. The fraction of sp³-hybridized carbons (Fsp3) is 0.182. The molecule has 0 amide bonds. The second-order valence-electron chi connectivity index (χ2n) is 3.39. The zero-order chi connectivity index (χ0) is 12.3. The summed E-state index contributed by atoms with van der Waals surface area (Å²) in [5, 5.41) is 3.92. The van der Waals surface area contributed by atoms with Crippen LogP contribution in [0.15, 0.2) is 30.9 Å². The molecule has 0 aliphatic carbocycles. The first-order valence-electron chi connectivity index (χ1n) is 4.90. The van der Waals surface area contributed by atoms with Crippen LogP contribution in [-0.2, 0) is 11.3 Å². The summed E-state index contributed by atoms with van der Waals surface area (Å²) < 4.78 is 19.2. The molecule has 0 bridgehead atoms. The Morgan fingerprint density at radius 3 is 3.00 bits per heavy atom. The lowest BCUT2D eigenvalue weighted by molar-refractivity contribution is 0.0598. The zero-order valence-electron chi connectivity index (χ0n) is 9.13. The minimum absolute atomic E-state index is 0.197. The van der Waals surface area contributed by atoms with Crippen LogP contribution < -0.4 is 0 Å². The van der Waals surface area contributed by atoms with Gasteiger partial charge < -0.3 is 4.74 Å². The number of hydrogen-bond acceptors (Lipinski definition) is 4. The Balaban J connectivity index is 2.35. The van der Waals surface area contributed by atoms with Crippen molar-refractivity contribution in [2.24, 2.45) is 0 Å². The summed E-state index contributed by atoms with van der Waals surface area (Å²) in [7, 11) is 1.26. The number of aromatic nitrogens is 3. The number of rotatable bonds is 3. The smallest absolute Gasteiger partial charge is 0.338 e. The lowest BCUT2D eigenvalue weighted by Gasteiger charge is -2.07. The summed E-state index contributed by atoms with van der Waals surface area (Å²) in [5.74, 6) is -1.05. The summed E-state index contributed by atoms with van der Waals surface area (Å²) in [5.41, 5.74) is 0.826. The highest BCUT2D eigenvalue weighted by Gasteiger charge is 2.13. The van der Waals surface area contributed by atoms with E-state index in [0.717, 1.165) is 6.07 Å². The summed E-state index contributed by atoms with van der Waals surface area (Å²) in [6, 6.07) is 3.97. The van der Waals surface area contributed by atoms with E-state index >= 15 is 0 Å². The maximum Gasteiger partial charge on any atom is 0.338 e. The normalized spacial score (nSPS) is 10.2. The van der Waals surface area contributed by atoms with Crippen molar-refractivity contribution in [3.05, 3.63) is 47.8 Å². The van der Waals surface area contributed by atoms with Crippen molar-refractivity contribution < 1.29 is 13.9 Å². The molecule has 17 heavy (non-hydrogen) atoms. The van der Waals surface area contributed by atoms with Gasteiger partial charge >= 0.3 is 5.97 Å². The Bertz CT molecular complexity index is 526. The molecule has 0 aliphatic rings. The third kappa shape index (κ3) is 2.47. The van der Waals surface area contributed by atoms with Gasteiger partial charge in [0.1, 0.15) is 18.5 Å². The van der Waals surface area contributed by atoms with E-state index in [0.29, 0.717) is 12.1 Å². The average molecular weight is 235 g/mol. The van der Waals surface area contributed by atoms with Crippen LogP contribution in [-0.4, -0.2) is 27.8 Å². The molecule has 0 radical (unpaired) electrons. The number of benzene rings is 1. The SMILES string of the molecule is COC(=O)c1cc(F)ccc1Cn1cncn1. The number of halogens is 1. The first kappa shape index (κ1) is 11.3. The summed E-state index contributed by atoms with van der Waals surface area (Å²) in [6.45, 7) is 0.338. The molecular formula is C11H10FN3O2. The number of methoxy groups -OCH3 is 1. The van der Waals surface area contributed by atoms with Crippen molar-refractivity contribution in [2.45, 2.75) is 6.54 Å². The van der Waals surface area contributed by atoms with Crippen LogP contribution in [0.3, 0.4) is 0 Å². The van der Waals surface area contributed by atoms with E-state index < -0.39 is 11.8 Å². The second-order valence-corrected chi connectivity index (χ2v) is 3.39. The van der Waals surface area contributed by atoms with Gasteiger partial charge in [0.2, 0.25) is 0 Å². The minimum Gasteiger partial charge on any atom is -0.465 e. The quantitative estimate of drug-likeness (QED) is 0.751. The van der Waals surface area contributed by atoms with E-state index in [2.05, 4.69) is 14.8 Å². The Hall–Kier alpha value is -2.24. The highest BCUT2D eigenvalue weighted by atomic mass is 19.1. The summed E-state index contributed by atoms with van der Waals surface area (Å²) >= 11 is 0. The molecule has 5 nitrogen and oxygen atoms in total. The van der Waals surface area contributed by atoms with E-state index in [4.69, 9.17) is 0 Å². The van der Waals surface area contributed by atoms with Gasteiger partial charge in [-0.3, -0.25) is 0 Å². The van der Waals surface area contributed by atoms with Gasteiger partial charge in [-0.2, -0.15) is 5.10 Å². The molecule has 6 heteroatoms. The molecule has 88 valence electrons. The largest absolute Gasteiger partial charge is 0.465 e. The number of esters is 1. The van der Waals surface area contributed by atoms with Crippen LogP contribution >= 0.6 is 0 Å². The molecular weight excluding hydrogens is 225 g/mol. The van der Waals surface area contributed by atoms with Gasteiger partial charge in [-0.15, -0.1) is 0 Å². The third-order valence-corrected chi connectivity index (χ3v) is 2.28. The third-order valence-electron chi connectivity index (χ3n) is 2.28. The molecule has 0 fully saturated rings. The van der Waals surface area contributed by atoms with E-state index in [1.165, 1.54) is 31.9 Å². The lowest BCUT2D eigenvalue weighted by Crippen LogP contribution is -2.10. The molecule has 1 aromatic carbocycles. The Morgan fingerprint density at radius 2 is 2.35 bits per heavy atom. The molecule has 2 rings (SSSR count). The maximum absolute atomic E-state index is 13.1. The van der Waals surface area contributed by atoms with Crippen molar-refractivity contribution in [3.63, 3.8) is 0 Å².